The number of carbonyl (C=O) groups excluding carboxylic acids is 1. The van der Waals surface area contributed by atoms with Crippen LogP contribution in [0.15, 0.2) is 22.8 Å². The molecule has 4 rings (SSSR count). The van der Waals surface area contributed by atoms with Crippen molar-refractivity contribution >= 4 is 11.7 Å². The van der Waals surface area contributed by atoms with Crippen molar-refractivity contribution < 1.29 is 9.21 Å². The topological polar surface area (TPSA) is 75.4 Å². The van der Waals surface area contributed by atoms with Gasteiger partial charge >= 0.3 is 0 Å². The van der Waals surface area contributed by atoms with Crippen LogP contribution in [0, 0.1) is 6.92 Å². The van der Waals surface area contributed by atoms with E-state index < -0.39 is 0 Å². The Morgan fingerprint density at radius 2 is 2.09 bits per heavy atom. The van der Waals surface area contributed by atoms with E-state index in [2.05, 4.69) is 26.1 Å². The molecule has 0 aromatic carbocycles. The average Bonchev–Trinajstić information content (AvgIpc) is 3.27. The number of aromatic nitrogens is 3. The number of anilines is 1. The Kier molecular flexibility index (Phi) is 3.28. The summed E-state index contributed by atoms with van der Waals surface area (Å²) in [6, 6.07) is 4.25. The van der Waals surface area contributed by atoms with Crippen LogP contribution in [0.5, 0.6) is 0 Å². The van der Waals surface area contributed by atoms with Crippen LogP contribution < -0.4 is 4.90 Å². The van der Waals surface area contributed by atoms with Gasteiger partial charge in [0.1, 0.15) is 6.26 Å². The highest BCUT2D eigenvalue weighted by Gasteiger charge is 2.35. The zero-order valence-corrected chi connectivity index (χ0v) is 13.3. The van der Waals surface area contributed by atoms with Gasteiger partial charge in [-0.15, -0.1) is 5.10 Å². The Bertz CT molecular complexity index is 716. The zero-order chi connectivity index (χ0) is 16.0. The summed E-state index contributed by atoms with van der Waals surface area (Å²) in [6.45, 7) is 3.25. The zero-order valence-electron chi connectivity index (χ0n) is 13.3. The molecule has 23 heavy (non-hydrogen) atoms. The maximum absolute atomic E-state index is 12.3. The van der Waals surface area contributed by atoms with E-state index in [1.165, 1.54) is 19.1 Å². The molecule has 7 heteroatoms. The van der Waals surface area contributed by atoms with Gasteiger partial charge in [-0.05, 0) is 25.0 Å². The van der Waals surface area contributed by atoms with Crippen molar-refractivity contribution in [1.82, 2.24) is 20.1 Å². The van der Waals surface area contributed by atoms with E-state index in [9.17, 15) is 4.79 Å². The van der Waals surface area contributed by atoms with Crippen LogP contribution in [0.1, 0.15) is 40.8 Å². The van der Waals surface area contributed by atoms with E-state index in [4.69, 9.17) is 4.42 Å². The van der Waals surface area contributed by atoms with Gasteiger partial charge in [0.2, 0.25) is 0 Å². The summed E-state index contributed by atoms with van der Waals surface area (Å²) in [4.78, 5) is 20.3. The summed E-state index contributed by atoms with van der Waals surface area (Å²) in [5.74, 6) is 1.89. The first-order chi connectivity index (χ1) is 11.1. The number of rotatable bonds is 4. The van der Waals surface area contributed by atoms with Crippen LogP contribution in [-0.2, 0) is 0 Å². The number of nitrogens with zero attached hydrogens (tertiary/aromatic N) is 5. The quantitative estimate of drug-likeness (QED) is 0.853. The van der Waals surface area contributed by atoms with Gasteiger partial charge in [0, 0.05) is 33.0 Å². The molecule has 2 aromatic heterocycles. The lowest BCUT2D eigenvalue weighted by Gasteiger charge is -2.44. The SMILES string of the molecule is Cc1nc(C(=O)N(C)C2CN(c3ccc(C4CC4)nn3)C2)co1. The van der Waals surface area contributed by atoms with Gasteiger partial charge in [-0.3, -0.25) is 4.79 Å². The smallest absolute Gasteiger partial charge is 0.275 e. The largest absolute Gasteiger partial charge is 0.448 e. The maximum atomic E-state index is 12.3. The molecule has 2 aliphatic rings. The van der Waals surface area contributed by atoms with Gasteiger partial charge in [-0.2, -0.15) is 5.10 Å². The monoisotopic (exact) mass is 313 g/mol. The second-order valence-electron chi connectivity index (χ2n) is 6.32. The second-order valence-corrected chi connectivity index (χ2v) is 6.32. The fourth-order valence-electron chi connectivity index (χ4n) is 2.80. The average molecular weight is 313 g/mol. The molecule has 0 atom stereocenters. The van der Waals surface area contributed by atoms with E-state index in [0.29, 0.717) is 17.5 Å². The van der Waals surface area contributed by atoms with E-state index in [-0.39, 0.29) is 11.9 Å². The molecule has 1 saturated carbocycles. The number of amides is 1. The molecule has 3 heterocycles. The molecule has 2 aromatic rings. The van der Waals surface area contributed by atoms with Gasteiger partial charge in [0.25, 0.3) is 5.91 Å². The molecular formula is C16H19N5O2. The highest BCUT2D eigenvalue weighted by molar-refractivity contribution is 5.92. The van der Waals surface area contributed by atoms with Crippen molar-refractivity contribution in [2.45, 2.75) is 31.7 Å². The van der Waals surface area contributed by atoms with Gasteiger partial charge in [-0.25, -0.2) is 4.98 Å². The number of hydrogen-bond donors (Lipinski definition) is 0. The third-order valence-electron chi connectivity index (χ3n) is 4.56. The van der Waals surface area contributed by atoms with Gasteiger partial charge in [0.15, 0.2) is 17.4 Å². The van der Waals surface area contributed by atoms with Crippen molar-refractivity contribution in [3.63, 3.8) is 0 Å². The predicted octanol–water partition coefficient (Wildman–Crippen LogP) is 1.61. The molecule has 1 saturated heterocycles. The summed E-state index contributed by atoms with van der Waals surface area (Å²) < 4.78 is 5.11. The van der Waals surface area contributed by atoms with Crippen LogP contribution in [0.3, 0.4) is 0 Å². The molecular weight excluding hydrogens is 294 g/mol. The molecule has 120 valence electrons. The predicted molar refractivity (Wildman–Crippen MR) is 83.3 cm³/mol. The Morgan fingerprint density at radius 1 is 1.30 bits per heavy atom. The number of aryl methyl sites for hydroxylation is 1. The Hall–Kier alpha value is -2.44. The van der Waals surface area contributed by atoms with Crippen molar-refractivity contribution in [2.75, 3.05) is 25.0 Å². The van der Waals surface area contributed by atoms with Gasteiger partial charge in [-0.1, -0.05) is 0 Å². The van der Waals surface area contributed by atoms with E-state index >= 15 is 0 Å². The summed E-state index contributed by atoms with van der Waals surface area (Å²) in [5.41, 5.74) is 1.46. The summed E-state index contributed by atoms with van der Waals surface area (Å²) >= 11 is 0. The second kappa shape index (κ2) is 5.33. The normalized spacial score (nSPS) is 17.9. The molecule has 1 amide bonds. The number of oxazole rings is 1. The number of likely N-dealkylation sites (N-methyl/N-ethyl adjacent to an activating group) is 1. The summed E-state index contributed by atoms with van der Waals surface area (Å²) in [6.07, 6.45) is 3.87. The van der Waals surface area contributed by atoms with E-state index in [0.717, 1.165) is 24.6 Å². The molecule has 2 fully saturated rings. The molecule has 0 bridgehead atoms. The van der Waals surface area contributed by atoms with Crippen LogP contribution in [0.2, 0.25) is 0 Å². The standard InChI is InChI=1S/C16H19N5O2/c1-10-17-14(9-23-10)16(22)20(2)12-7-21(8-12)15-6-5-13(18-19-15)11-3-4-11/h5-6,9,11-12H,3-4,7-8H2,1-2H3. The lowest BCUT2D eigenvalue weighted by atomic mass is 10.1. The number of carbonyl (C=O) groups is 1. The Morgan fingerprint density at radius 3 is 2.65 bits per heavy atom. The fraction of sp³-hybridized carbons (Fsp3) is 0.500. The Balaban J connectivity index is 1.35. The molecule has 1 aliphatic carbocycles. The minimum Gasteiger partial charge on any atom is -0.448 e. The van der Waals surface area contributed by atoms with Crippen LogP contribution in [0.4, 0.5) is 5.82 Å². The molecule has 0 unspecified atom stereocenters. The lowest BCUT2D eigenvalue weighted by Crippen LogP contribution is -2.60. The van der Waals surface area contributed by atoms with Crippen LogP contribution in [-0.4, -0.2) is 52.2 Å². The summed E-state index contributed by atoms with van der Waals surface area (Å²) in [5, 5.41) is 8.61. The first-order valence-electron chi connectivity index (χ1n) is 7.89. The fourth-order valence-corrected chi connectivity index (χ4v) is 2.80. The van der Waals surface area contributed by atoms with Gasteiger partial charge < -0.3 is 14.2 Å². The number of hydrogen-bond acceptors (Lipinski definition) is 6. The van der Waals surface area contributed by atoms with Crippen molar-refractivity contribution in [3.8, 4) is 0 Å². The third kappa shape index (κ3) is 2.67. The molecule has 7 nitrogen and oxygen atoms in total. The highest BCUT2D eigenvalue weighted by Crippen LogP contribution is 2.38. The first kappa shape index (κ1) is 14.2. The van der Waals surface area contributed by atoms with Crippen molar-refractivity contribution in [2.24, 2.45) is 0 Å². The van der Waals surface area contributed by atoms with Crippen molar-refractivity contribution in [3.05, 3.63) is 35.7 Å². The molecule has 1 aliphatic heterocycles. The molecule has 0 spiro atoms. The third-order valence-corrected chi connectivity index (χ3v) is 4.56. The van der Waals surface area contributed by atoms with Gasteiger partial charge in [0.05, 0.1) is 11.7 Å². The molecule has 0 N–H and O–H groups in total. The van der Waals surface area contributed by atoms with Crippen LogP contribution >= 0.6 is 0 Å². The maximum Gasteiger partial charge on any atom is 0.275 e. The van der Waals surface area contributed by atoms with Crippen molar-refractivity contribution in [1.29, 1.82) is 0 Å². The van der Waals surface area contributed by atoms with E-state index in [1.54, 1.807) is 18.9 Å². The van der Waals surface area contributed by atoms with E-state index in [1.807, 2.05) is 6.07 Å². The first-order valence-corrected chi connectivity index (χ1v) is 7.89. The highest BCUT2D eigenvalue weighted by atomic mass is 16.3. The minimum absolute atomic E-state index is 0.110. The minimum atomic E-state index is -0.110. The summed E-state index contributed by atoms with van der Waals surface area (Å²) in [7, 11) is 1.80. The van der Waals surface area contributed by atoms with Crippen LogP contribution in [0.25, 0.3) is 0 Å². The molecule has 0 radical (unpaired) electrons. The Labute approximate surface area is 134 Å². The lowest BCUT2D eigenvalue weighted by molar-refractivity contribution is 0.0699.